The lowest BCUT2D eigenvalue weighted by atomic mass is 9.95. The molecule has 0 heterocycles. The van der Waals surface area contributed by atoms with Gasteiger partial charge in [0, 0.05) is 0 Å². The Morgan fingerprint density at radius 2 is 1.60 bits per heavy atom. The fraction of sp³-hybridized carbons (Fsp3) is 0.375. The molecule has 9 heteroatoms. The van der Waals surface area contributed by atoms with Gasteiger partial charge in [-0.25, -0.2) is 9.18 Å². The van der Waals surface area contributed by atoms with Crippen LogP contribution in [0.5, 0.6) is 0 Å². The summed E-state index contributed by atoms with van der Waals surface area (Å²) in [6.45, 7) is 0. The highest BCUT2D eigenvalue weighted by molar-refractivity contribution is 5.98. The van der Waals surface area contributed by atoms with Crippen molar-refractivity contribution < 1.29 is 37.8 Å². The Kier molecular flexibility index (Phi) is 7.51. The van der Waals surface area contributed by atoms with Crippen molar-refractivity contribution in [3.8, 4) is 0 Å². The Hall–Kier alpha value is -2.97. The van der Waals surface area contributed by atoms with Crippen molar-refractivity contribution in [2.24, 2.45) is 5.92 Å². The summed E-state index contributed by atoms with van der Waals surface area (Å²) in [5.41, 5.74) is -0.335. The van der Waals surface area contributed by atoms with Crippen LogP contribution in [0.4, 0.5) is 4.39 Å². The molecule has 1 aromatic carbocycles. The average molecular weight is 355 g/mol. The van der Waals surface area contributed by atoms with Crippen molar-refractivity contribution >= 4 is 23.8 Å². The second-order valence-electron chi connectivity index (χ2n) is 4.86. The van der Waals surface area contributed by atoms with E-state index in [1.165, 1.54) is 18.2 Å². The highest BCUT2D eigenvalue weighted by atomic mass is 19.1. The monoisotopic (exact) mass is 355 g/mol. The molecule has 0 saturated carbocycles. The molecule has 1 rings (SSSR count). The van der Waals surface area contributed by atoms with Crippen LogP contribution in [-0.4, -0.2) is 51.2 Å². The lowest BCUT2D eigenvalue weighted by Crippen LogP contribution is -2.50. The maximum Gasteiger partial charge on any atom is 0.329 e. The molecule has 0 aliphatic heterocycles. The molecule has 8 nitrogen and oxygen atoms in total. The number of halogens is 1. The molecule has 136 valence electrons. The molecule has 1 aromatic rings. The van der Waals surface area contributed by atoms with Crippen molar-refractivity contribution in [2.75, 3.05) is 21.3 Å². The molecule has 0 aromatic heterocycles. The topological polar surface area (TPSA) is 108 Å². The van der Waals surface area contributed by atoms with Crippen molar-refractivity contribution in [3.63, 3.8) is 0 Å². The van der Waals surface area contributed by atoms with E-state index in [9.17, 15) is 23.6 Å². The van der Waals surface area contributed by atoms with E-state index in [0.29, 0.717) is 0 Å². The maximum atomic E-state index is 13.7. The van der Waals surface area contributed by atoms with Crippen LogP contribution in [0.3, 0.4) is 0 Å². The number of esters is 3. The number of hydrogen-bond acceptors (Lipinski definition) is 7. The van der Waals surface area contributed by atoms with Crippen molar-refractivity contribution in [1.29, 1.82) is 0 Å². The van der Waals surface area contributed by atoms with Crippen molar-refractivity contribution in [1.82, 2.24) is 5.32 Å². The fourth-order valence-corrected chi connectivity index (χ4v) is 2.07. The van der Waals surface area contributed by atoms with Gasteiger partial charge in [0.2, 0.25) is 0 Å². The first-order chi connectivity index (χ1) is 11.8. The molecule has 0 spiro atoms. The zero-order valence-electron chi connectivity index (χ0n) is 13.9. The van der Waals surface area contributed by atoms with E-state index >= 15 is 0 Å². The molecule has 25 heavy (non-hydrogen) atoms. The van der Waals surface area contributed by atoms with Crippen molar-refractivity contribution in [2.45, 2.75) is 12.5 Å². The minimum Gasteiger partial charge on any atom is -0.469 e. The van der Waals surface area contributed by atoms with Crippen LogP contribution in [-0.2, 0) is 28.6 Å². The summed E-state index contributed by atoms with van der Waals surface area (Å²) < 4.78 is 27.3. The third kappa shape index (κ3) is 5.27. The molecule has 2 atom stereocenters. The molecule has 0 unspecified atom stereocenters. The number of methoxy groups -OCH3 is 3. The van der Waals surface area contributed by atoms with Crippen LogP contribution >= 0.6 is 0 Å². The van der Waals surface area contributed by atoms with Crippen LogP contribution in [0, 0.1) is 11.7 Å². The first-order valence-electron chi connectivity index (χ1n) is 7.13. The molecular weight excluding hydrogens is 337 g/mol. The number of carbonyl (C=O) groups is 4. The average Bonchev–Trinajstić information content (AvgIpc) is 2.63. The molecule has 0 bridgehead atoms. The molecule has 0 aliphatic carbocycles. The summed E-state index contributed by atoms with van der Waals surface area (Å²) in [6, 6.07) is 3.51. The summed E-state index contributed by atoms with van der Waals surface area (Å²) in [5, 5.41) is 2.21. The number of nitrogens with one attached hydrogen (secondary N) is 1. The number of amides is 1. The van der Waals surface area contributed by atoms with Gasteiger partial charge in [0.05, 0.1) is 39.2 Å². The molecule has 0 fully saturated rings. The molecule has 0 aliphatic rings. The number of carbonyl (C=O) groups excluding carboxylic acids is 4. The lowest BCUT2D eigenvalue weighted by molar-refractivity contribution is -0.158. The van der Waals surface area contributed by atoms with Gasteiger partial charge in [-0.15, -0.1) is 0 Å². The molecule has 0 radical (unpaired) electrons. The smallest absolute Gasteiger partial charge is 0.329 e. The van der Waals surface area contributed by atoms with Crippen LogP contribution in [0.25, 0.3) is 0 Å². The third-order valence-corrected chi connectivity index (χ3v) is 3.38. The SMILES string of the molecule is COC(=O)C[C@H](C(=O)OC)[C@H](NC(=O)c1ccccc1F)C(=O)OC. The Balaban J connectivity index is 3.14. The zero-order chi connectivity index (χ0) is 19.0. The highest BCUT2D eigenvalue weighted by Gasteiger charge is 2.39. The predicted molar refractivity (Wildman–Crippen MR) is 81.8 cm³/mol. The van der Waals surface area contributed by atoms with Gasteiger partial charge in [0.15, 0.2) is 0 Å². The van der Waals surface area contributed by atoms with Gasteiger partial charge < -0.3 is 19.5 Å². The van der Waals surface area contributed by atoms with E-state index in [1.807, 2.05) is 0 Å². The van der Waals surface area contributed by atoms with E-state index in [-0.39, 0.29) is 5.56 Å². The first kappa shape index (κ1) is 20.1. The van der Waals surface area contributed by atoms with Gasteiger partial charge in [0.1, 0.15) is 11.9 Å². The summed E-state index contributed by atoms with van der Waals surface area (Å²) >= 11 is 0. The Labute approximate surface area is 143 Å². The third-order valence-electron chi connectivity index (χ3n) is 3.38. The first-order valence-corrected chi connectivity index (χ1v) is 7.13. The molecular formula is C16H18FNO7. The highest BCUT2D eigenvalue weighted by Crippen LogP contribution is 2.16. The van der Waals surface area contributed by atoms with Gasteiger partial charge in [-0.3, -0.25) is 14.4 Å². The largest absolute Gasteiger partial charge is 0.469 e. The van der Waals surface area contributed by atoms with E-state index in [2.05, 4.69) is 19.5 Å². The van der Waals surface area contributed by atoms with Gasteiger partial charge in [-0.2, -0.15) is 0 Å². The Bertz CT molecular complexity index is 662. The minimum absolute atomic E-state index is 0.335. The van der Waals surface area contributed by atoms with Crippen LogP contribution in [0.2, 0.25) is 0 Å². The number of benzene rings is 1. The van der Waals surface area contributed by atoms with Gasteiger partial charge >= 0.3 is 17.9 Å². The summed E-state index contributed by atoms with van der Waals surface area (Å²) in [4.78, 5) is 47.7. The van der Waals surface area contributed by atoms with E-state index < -0.39 is 48.0 Å². The number of rotatable bonds is 7. The van der Waals surface area contributed by atoms with Gasteiger partial charge in [-0.1, -0.05) is 12.1 Å². The normalized spacial score (nSPS) is 12.5. The van der Waals surface area contributed by atoms with Crippen LogP contribution < -0.4 is 5.32 Å². The number of hydrogen-bond donors (Lipinski definition) is 1. The summed E-state index contributed by atoms with van der Waals surface area (Å²) in [7, 11) is 3.19. The van der Waals surface area contributed by atoms with Gasteiger partial charge in [0.25, 0.3) is 5.91 Å². The second-order valence-corrected chi connectivity index (χ2v) is 4.86. The predicted octanol–water partition coefficient (Wildman–Crippen LogP) is 0.449. The minimum atomic E-state index is -1.57. The zero-order valence-corrected chi connectivity index (χ0v) is 13.9. The summed E-state index contributed by atoms with van der Waals surface area (Å²) in [6.07, 6.45) is -0.541. The fourth-order valence-electron chi connectivity index (χ4n) is 2.07. The molecule has 0 saturated heterocycles. The van der Waals surface area contributed by atoms with Crippen LogP contribution in [0.1, 0.15) is 16.8 Å². The Morgan fingerprint density at radius 3 is 2.12 bits per heavy atom. The number of ether oxygens (including phenoxy) is 3. The van der Waals surface area contributed by atoms with Gasteiger partial charge in [-0.05, 0) is 12.1 Å². The molecule has 1 amide bonds. The molecule has 1 N–H and O–H groups in total. The van der Waals surface area contributed by atoms with E-state index in [1.54, 1.807) is 0 Å². The van der Waals surface area contributed by atoms with E-state index in [4.69, 9.17) is 0 Å². The standard InChI is InChI=1S/C16H18FNO7/c1-23-12(19)8-10(15(21)24-2)13(16(22)25-3)18-14(20)9-6-4-5-7-11(9)17/h4-7,10,13H,8H2,1-3H3,(H,18,20)/t10-,13-/m0/s1. The summed E-state index contributed by atoms with van der Waals surface area (Å²) in [5.74, 6) is -5.90. The maximum absolute atomic E-state index is 13.7. The van der Waals surface area contributed by atoms with E-state index in [0.717, 1.165) is 27.4 Å². The quantitative estimate of drug-likeness (QED) is 0.559. The van der Waals surface area contributed by atoms with Crippen LogP contribution in [0.15, 0.2) is 24.3 Å². The van der Waals surface area contributed by atoms with Crippen molar-refractivity contribution in [3.05, 3.63) is 35.6 Å². The lowest BCUT2D eigenvalue weighted by Gasteiger charge is -2.23. The second kappa shape index (κ2) is 9.36. The Morgan fingerprint density at radius 1 is 1.00 bits per heavy atom.